The predicted octanol–water partition coefficient (Wildman–Crippen LogP) is -2.17. The van der Waals surface area contributed by atoms with Crippen molar-refractivity contribution in [3.05, 3.63) is 29.8 Å². The van der Waals surface area contributed by atoms with E-state index in [1.807, 2.05) is 6.92 Å². The lowest BCUT2D eigenvalue weighted by molar-refractivity contribution is -0.142. The van der Waals surface area contributed by atoms with Gasteiger partial charge in [0, 0.05) is 6.42 Å². The van der Waals surface area contributed by atoms with Gasteiger partial charge in [0.25, 0.3) is 0 Å². The zero-order valence-electron chi connectivity index (χ0n) is 18.5. The van der Waals surface area contributed by atoms with Gasteiger partial charge in [0.2, 0.25) is 17.7 Å². The van der Waals surface area contributed by atoms with E-state index < -0.39 is 61.1 Å². The number of aromatic hydroxyl groups is 1. The molecule has 0 radical (unpaired) electrons. The van der Waals surface area contributed by atoms with Crippen LogP contribution in [0.5, 0.6) is 5.75 Å². The van der Waals surface area contributed by atoms with Gasteiger partial charge >= 0.3 is 5.97 Å². The Morgan fingerprint density at radius 3 is 1.76 bits per heavy atom. The van der Waals surface area contributed by atoms with Crippen LogP contribution < -0.4 is 21.7 Å². The van der Waals surface area contributed by atoms with Crippen LogP contribution in [0.2, 0.25) is 0 Å². The van der Waals surface area contributed by atoms with Crippen molar-refractivity contribution in [3.63, 3.8) is 0 Å². The van der Waals surface area contributed by atoms with Crippen LogP contribution in [0.4, 0.5) is 0 Å². The average molecular weight is 469 g/mol. The molecule has 0 fully saturated rings. The molecule has 0 saturated carbocycles. The lowest BCUT2D eigenvalue weighted by Crippen LogP contribution is -2.59. The molecule has 1 aromatic carbocycles. The molecule has 0 heterocycles. The van der Waals surface area contributed by atoms with Gasteiger partial charge in [-0.1, -0.05) is 32.4 Å². The van der Waals surface area contributed by atoms with Crippen LogP contribution in [-0.4, -0.2) is 81.5 Å². The monoisotopic (exact) mass is 468 g/mol. The number of carboxylic acids is 1. The zero-order valence-corrected chi connectivity index (χ0v) is 18.5. The lowest BCUT2D eigenvalue weighted by atomic mass is 9.99. The number of aliphatic hydroxyl groups is 2. The summed E-state index contributed by atoms with van der Waals surface area (Å²) in [5, 5.41) is 44.4. The lowest BCUT2D eigenvalue weighted by Gasteiger charge is -2.24. The number of nitrogens with two attached hydrogens (primary N) is 1. The fraction of sp³-hybridized carbons (Fsp3) is 0.524. The second-order valence-electron chi connectivity index (χ2n) is 7.67. The van der Waals surface area contributed by atoms with Crippen molar-refractivity contribution < 1.29 is 39.6 Å². The average Bonchev–Trinajstić information content (AvgIpc) is 2.80. The number of benzene rings is 1. The minimum atomic E-state index is -1.53. The maximum absolute atomic E-state index is 12.5. The largest absolute Gasteiger partial charge is 0.508 e. The van der Waals surface area contributed by atoms with Gasteiger partial charge in [-0.3, -0.25) is 14.4 Å². The number of nitrogens with one attached hydrogen (secondary N) is 3. The standard InChI is InChI=1S/C21H32N4O8/c1-3-11(2)17(22)20(31)25-16(10-27)19(30)24-15(9-26)18(29)23-14(21(32)33)8-12-4-6-13(28)7-5-12/h4-7,11,14-17,26-28H,3,8-10,22H2,1-2H3,(H,23,29)(H,24,30)(H,25,31)(H,32,33). The number of aliphatic hydroxyl groups excluding tert-OH is 2. The minimum absolute atomic E-state index is 0.00615. The van der Waals surface area contributed by atoms with Gasteiger partial charge in [-0.25, -0.2) is 4.79 Å². The van der Waals surface area contributed by atoms with Crippen molar-refractivity contribution in [2.45, 2.75) is 50.9 Å². The molecule has 12 nitrogen and oxygen atoms in total. The molecule has 0 aliphatic heterocycles. The summed E-state index contributed by atoms with van der Waals surface area (Å²) in [5.74, 6) is -4.13. The summed E-state index contributed by atoms with van der Waals surface area (Å²) >= 11 is 0. The van der Waals surface area contributed by atoms with Crippen LogP contribution >= 0.6 is 0 Å². The normalized spacial score (nSPS) is 15.4. The highest BCUT2D eigenvalue weighted by atomic mass is 16.4. The smallest absolute Gasteiger partial charge is 0.326 e. The topological polar surface area (TPSA) is 211 Å². The highest BCUT2D eigenvalue weighted by Gasteiger charge is 2.30. The van der Waals surface area contributed by atoms with E-state index in [-0.39, 0.29) is 18.1 Å². The van der Waals surface area contributed by atoms with E-state index in [1.165, 1.54) is 24.3 Å². The number of carbonyl (C=O) groups is 4. The summed E-state index contributed by atoms with van der Waals surface area (Å²) in [5.41, 5.74) is 6.33. The van der Waals surface area contributed by atoms with Crippen LogP contribution in [0, 0.1) is 5.92 Å². The third-order valence-corrected chi connectivity index (χ3v) is 5.18. The minimum Gasteiger partial charge on any atom is -0.508 e. The van der Waals surface area contributed by atoms with Crippen LogP contribution in [0.15, 0.2) is 24.3 Å². The molecular weight excluding hydrogens is 436 g/mol. The van der Waals surface area contributed by atoms with E-state index >= 15 is 0 Å². The van der Waals surface area contributed by atoms with E-state index in [0.717, 1.165) is 0 Å². The van der Waals surface area contributed by atoms with Crippen molar-refractivity contribution in [1.82, 2.24) is 16.0 Å². The van der Waals surface area contributed by atoms with Gasteiger partial charge < -0.3 is 42.1 Å². The molecule has 5 unspecified atom stereocenters. The third-order valence-electron chi connectivity index (χ3n) is 5.18. The quantitative estimate of drug-likeness (QED) is 0.158. The molecule has 3 amide bonds. The summed E-state index contributed by atoms with van der Waals surface area (Å²) in [7, 11) is 0. The molecule has 0 spiro atoms. The van der Waals surface area contributed by atoms with E-state index in [0.29, 0.717) is 12.0 Å². The van der Waals surface area contributed by atoms with Crippen LogP contribution in [0.1, 0.15) is 25.8 Å². The van der Waals surface area contributed by atoms with Crippen LogP contribution in [0.25, 0.3) is 0 Å². The summed E-state index contributed by atoms with van der Waals surface area (Å²) in [6.07, 6.45) is 0.502. The van der Waals surface area contributed by atoms with E-state index in [1.54, 1.807) is 6.92 Å². The van der Waals surface area contributed by atoms with Gasteiger partial charge in [0.15, 0.2) is 0 Å². The number of phenols is 1. The number of amides is 3. The van der Waals surface area contributed by atoms with Crippen molar-refractivity contribution in [3.8, 4) is 5.75 Å². The molecule has 33 heavy (non-hydrogen) atoms. The van der Waals surface area contributed by atoms with Crippen molar-refractivity contribution in [2.24, 2.45) is 11.7 Å². The molecule has 0 bridgehead atoms. The Balaban J connectivity index is 2.79. The molecule has 1 aromatic rings. The van der Waals surface area contributed by atoms with Crippen molar-refractivity contribution in [1.29, 1.82) is 0 Å². The zero-order chi connectivity index (χ0) is 25.1. The maximum Gasteiger partial charge on any atom is 0.326 e. The number of phenolic OH excluding ortho intramolecular Hbond substituents is 1. The SMILES string of the molecule is CCC(C)C(N)C(=O)NC(CO)C(=O)NC(CO)C(=O)NC(Cc1ccc(O)cc1)C(=O)O. The predicted molar refractivity (Wildman–Crippen MR) is 117 cm³/mol. The fourth-order valence-electron chi connectivity index (χ4n) is 2.78. The van der Waals surface area contributed by atoms with Gasteiger partial charge in [-0.05, 0) is 23.6 Å². The number of hydrogen-bond acceptors (Lipinski definition) is 8. The number of carbonyl (C=O) groups excluding carboxylic acids is 3. The first kappa shape index (κ1) is 27.8. The van der Waals surface area contributed by atoms with E-state index in [9.17, 15) is 39.6 Å². The van der Waals surface area contributed by atoms with Gasteiger partial charge in [-0.2, -0.15) is 0 Å². The molecule has 12 heteroatoms. The Labute approximate surface area is 191 Å². The maximum atomic E-state index is 12.5. The molecule has 0 aromatic heterocycles. The Bertz CT molecular complexity index is 817. The number of hydrogen-bond donors (Lipinski definition) is 8. The summed E-state index contributed by atoms with van der Waals surface area (Å²) in [4.78, 5) is 48.6. The molecule has 0 aliphatic rings. The second-order valence-corrected chi connectivity index (χ2v) is 7.67. The second kappa shape index (κ2) is 13.4. The Morgan fingerprint density at radius 2 is 1.33 bits per heavy atom. The van der Waals surface area contributed by atoms with Crippen molar-refractivity contribution in [2.75, 3.05) is 13.2 Å². The number of aliphatic carboxylic acids is 1. The molecular formula is C21H32N4O8. The first-order valence-corrected chi connectivity index (χ1v) is 10.4. The highest BCUT2D eigenvalue weighted by molar-refractivity contribution is 5.94. The molecule has 1 rings (SSSR count). The van der Waals surface area contributed by atoms with E-state index in [4.69, 9.17) is 5.73 Å². The van der Waals surface area contributed by atoms with Crippen LogP contribution in [-0.2, 0) is 25.6 Å². The summed E-state index contributed by atoms with van der Waals surface area (Å²) in [6, 6.07) is 0.449. The molecule has 0 aliphatic carbocycles. The van der Waals surface area contributed by atoms with E-state index in [2.05, 4.69) is 16.0 Å². The number of rotatable bonds is 13. The molecule has 184 valence electrons. The first-order valence-electron chi connectivity index (χ1n) is 10.4. The third kappa shape index (κ3) is 8.67. The highest BCUT2D eigenvalue weighted by Crippen LogP contribution is 2.11. The molecule has 9 N–H and O–H groups in total. The first-order chi connectivity index (χ1) is 15.5. The van der Waals surface area contributed by atoms with Crippen molar-refractivity contribution >= 4 is 23.7 Å². The van der Waals surface area contributed by atoms with Gasteiger partial charge in [0.1, 0.15) is 23.9 Å². The van der Waals surface area contributed by atoms with Gasteiger partial charge in [0.05, 0.1) is 19.3 Å². The molecule has 5 atom stereocenters. The summed E-state index contributed by atoms with van der Waals surface area (Å²) < 4.78 is 0. The fourth-order valence-corrected chi connectivity index (χ4v) is 2.78. The number of carboxylic acid groups (broad SMARTS) is 1. The molecule has 0 saturated heterocycles. The Kier molecular flexibility index (Phi) is 11.3. The van der Waals surface area contributed by atoms with Gasteiger partial charge in [-0.15, -0.1) is 0 Å². The van der Waals surface area contributed by atoms with Crippen LogP contribution in [0.3, 0.4) is 0 Å². The summed E-state index contributed by atoms with van der Waals surface area (Å²) in [6.45, 7) is 1.94. The Morgan fingerprint density at radius 1 is 0.879 bits per heavy atom. The Hall–Kier alpha value is -3.22.